The topological polar surface area (TPSA) is 54.7 Å². The van der Waals surface area contributed by atoms with Crippen molar-refractivity contribution in [1.29, 1.82) is 0 Å². The summed E-state index contributed by atoms with van der Waals surface area (Å²) in [6, 6.07) is 8.63. The van der Waals surface area contributed by atoms with E-state index in [1.807, 2.05) is 0 Å². The summed E-state index contributed by atoms with van der Waals surface area (Å²) in [5.74, 6) is 0. The number of aromatic amines is 1. The molecule has 0 aliphatic carbocycles. The highest BCUT2D eigenvalue weighted by atomic mass is 14.9. The lowest BCUT2D eigenvalue weighted by atomic mass is 9.86. The molecule has 3 nitrogen and oxygen atoms in total. The summed E-state index contributed by atoms with van der Waals surface area (Å²) in [7, 11) is 0. The van der Waals surface area contributed by atoms with Gasteiger partial charge in [0.1, 0.15) is 0 Å². The van der Waals surface area contributed by atoms with Crippen molar-refractivity contribution >= 4 is 0 Å². The van der Waals surface area contributed by atoms with E-state index < -0.39 is 0 Å². The lowest BCUT2D eigenvalue weighted by Gasteiger charge is -2.19. The Morgan fingerprint density at radius 1 is 1.17 bits per heavy atom. The first-order chi connectivity index (χ1) is 8.52. The lowest BCUT2D eigenvalue weighted by Crippen LogP contribution is -2.10. The third-order valence-electron chi connectivity index (χ3n) is 3.14. The van der Waals surface area contributed by atoms with E-state index in [1.165, 1.54) is 5.56 Å². The van der Waals surface area contributed by atoms with E-state index in [9.17, 15) is 0 Å². The summed E-state index contributed by atoms with van der Waals surface area (Å²) in [6.07, 6.45) is 2.56. The zero-order valence-corrected chi connectivity index (χ0v) is 11.3. The van der Waals surface area contributed by atoms with E-state index in [2.05, 4.69) is 55.0 Å². The van der Waals surface area contributed by atoms with Crippen molar-refractivity contribution in [3.63, 3.8) is 0 Å². The van der Waals surface area contributed by atoms with Crippen molar-refractivity contribution in [1.82, 2.24) is 9.97 Å². The molecule has 1 aromatic heterocycles. The third-order valence-corrected chi connectivity index (χ3v) is 3.14. The van der Waals surface area contributed by atoms with Gasteiger partial charge in [0.25, 0.3) is 0 Å². The average Bonchev–Trinajstić information content (AvgIpc) is 2.77. The fourth-order valence-corrected chi connectivity index (χ4v) is 2.03. The second kappa shape index (κ2) is 4.94. The largest absolute Gasteiger partial charge is 0.348 e. The fourth-order valence-electron chi connectivity index (χ4n) is 2.03. The molecule has 96 valence electrons. The predicted molar refractivity (Wildman–Crippen MR) is 75.5 cm³/mol. The number of rotatable bonds is 3. The first-order valence-corrected chi connectivity index (χ1v) is 6.35. The molecule has 3 N–H and O–H groups in total. The molecule has 0 fully saturated rings. The van der Waals surface area contributed by atoms with Crippen molar-refractivity contribution < 1.29 is 0 Å². The monoisotopic (exact) mass is 243 g/mol. The van der Waals surface area contributed by atoms with Crippen molar-refractivity contribution in [2.45, 2.75) is 32.6 Å². The van der Waals surface area contributed by atoms with Crippen molar-refractivity contribution in [2.24, 2.45) is 5.73 Å². The molecule has 0 saturated carbocycles. The standard InChI is InChI=1S/C15H21N3/c1-15(2,3)12-6-4-11(5-7-12)14-13(8-9-16)17-10-18-14/h4-7,10H,8-9,16H2,1-3H3,(H,17,18). The van der Waals surface area contributed by atoms with E-state index in [0.717, 1.165) is 23.4 Å². The number of H-pyrrole nitrogens is 1. The maximum atomic E-state index is 5.60. The molecule has 0 saturated heterocycles. The van der Waals surface area contributed by atoms with E-state index in [4.69, 9.17) is 5.73 Å². The van der Waals surface area contributed by atoms with Crippen molar-refractivity contribution in [3.05, 3.63) is 41.9 Å². The van der Waals surface area contributed by atoms with Crippen LogP contribution in [0.25, 0.3) is 11.3 Å². The summed E-state index contributed by atoms with van der Waals surface area (Å²) in [6.45, 7) is 7.29. The number of nitrogens with zero attached hydrogens (tertiary/aromatic N) is 1. The van der Waals surface area contributed by atoms with E-state index in [-0.39, 0.29) is 5.41 Å². The average molecular weight is 243 g/mol. The van der Waals surface area contributed by atoms with Crippen LogP contribution in [0, 0.1) is 0 Å². The Hall–Kier alpha value is -1.61. The van der Waals surface area contributed by atoms with Crippen LogP contribution < -0.4 is 5.73 Å². The minimum atomic E-state index is 0.185. The lowest BCUT2D eigenvalue weighted by molar-refractivity contribution is 0.590. The molecular formula is C15H21N3. The molecule has 2 rings (SSSR count). The molecule has 0 aliphatic heterocycles. The van der Waals surface area contributed by atoms with Gasteiger partial charge < -0.3 is 10.7 Å². The van der Waals surface area contributed by atoms with Gasteiger partial charge in [-0.15, -0.1) is 0 Å². The maximum Gasteiger partial charge on any atom is 0.0929 e. The van der Waals surface area contributed by atoms with Gasteiger partial charge in [-0.1, -0.05) is 45.0 Å². The molecule has 0 unspecified atom stereocenters. The summed E-state index contributed by atoms with van der Waals surface area (Å²) < 4.78 is 0. The number of imidazole rings is 1. The number of hydrogen-bond donors (Lipinski definition) is 2. The molecule has 0 radical (unpaired) electrons. The Morgan fingerprint density at radius 3 is 2.39 bits per heavy atom. The fraction of sp³-hybridized carbons (Fsp3) is 0.400. The van der Waals surface area contributed by atoms with Gasteiger partial charge in [-0.2, -0.15) is 0 Å². The highest BCUT2D eigenvalue weighted by Gasteiger charge is 2.14. The Kier molecular flexibility index (Phi) is 3.53. The van der Waals surface area contributed by atoms with Gasteiger partial charge in [-0.25, -0.2) is 4.98 Å². The predicted octanol–water partition coefficient (Wildman–Crippen LogP) is 2.88. The Balaban J connectivity index is 2.32. The summed E-state index contributed by atoms with van der Waals surface area (Å²) in [5.41, 5.74) is 10.4. The van der Waals surface area contributed by atoms with Gasteiger partial charge in [-0.05, 0) is 17.5 Å². The Morgan fingerprint density at radius 2 is 1.83 bits per heavy atom. The summed E-state index contributed by atoms with van der Waals surface area (Å²) >= 11 is 0. The van der Waals surface area contributed by atoms with Crippen LogP contribution in [0.2, 0.25) is 0 Å². The number of benzene rings is 1. The third kappa shape index (κ3) is 2.62. The second-order valence-corrected chi connectivity index (χ2v) is 5.60. The molecule has 0 atom stereocenters. The van der Waals surface area contributed by atoms with Crippen LogP contribution >= 0.6 is 0 Å². The summed E-state index contributed by atoms with van der Waals surface area (Å²) in [5, 5.41) is 0. The van der Waals surface area contributed by atoms with Crippen molar-refractivity contribution in [2.75, 3.05) is 6.54 Å². The van der Waals surface area contributed by atoms with Crippen LogP contribution in [0.15, 0.2) is 30.6 Å². The van der Waals surface area contributed by atoms with Crippen LogP contribution in [0.1, 0.15) is 32.0 Å². The normalized spacial score (nSPS) is 11.8. The molecule has 3 heteroatoms. The van der Waals surface area contributed by atoms with E-state index in [0.29, 0.717) is 6.54 Å². The van der Waals surface area contributed by atoms with Gasteiger partial charge in [-0.3, -0.25) is 0 Å². The first kappa shape index (κ1) is 12.8. The van der Waals surface area contributed by atoms with Gasteiger partial charge in [0.2, 0.25) is 0 Å². The highest BCUT2D eigenvalue weighted by molar-refractivity contribution is 5.62. The van der Waals surface area contributed by atoms with Crippen molar-refractivity contribution in [3.8, 4) is 11.3 Å². The number of aromatic nitrogens is 2. The minimum Gasteiger partial charge on any atom is -0.348 e. The zero-order chi connectivity index (χ0) is 13.2. The van der Waals surface area contributed by atoms with Crippen LogP contribution in [0.4, 0.5) is 0 Å². The van der Waals surface area contributed by atoms with E-state index in [1.54, 1.807) is 6.33 Å². The van der Waals surface area contributed by atoms with Crippen LogP contribution in [-0.2, 0) is 11.8 Å². The van der Waals surface area contributed by atoms with Crippen LogP contribution in [0.5, 0.6) is 0 Å². The Labute approximate surface area is 108 Å². The number of nitrogens with one attached hydrogen (secondary N) is 1. The molecule has 1 aromatic carbocycles. The first-order valence-electron chi connectivity index (χ1n) is 6.35. The number of hydrogen-bond acceptors (Lipinski definition) is 2. The van der Waals surface area contributed by atoms with Crippen LogP contribution in [-0.4, -0.2) is 16.5 Å². The van der Waals surface area contributed by atoms with Gasteiger partial charge in [0.05, 0.1) is 12.0 Å². The SMILES string of the molecule is CC(C)(C)c1ccc(-c2nc[nH]c2CCN)cc1. The summed E-state index contributed by atoms with van der Waals surface area (Å²) in [4.78, 5) is 7.54. The van der Waals surface area contributed by atoms with Crippen LogP contribution in [0.3, 0.4) is 0 Å². The zero-order valence-electron chi connectivity index (χ0n) is 11.3. The second-order valence-electron chi connectivity index (χ2n) is 5.60. The quantitative estimate of drug-likeness (QED) is 0.871. The van der Waals surface area contributed by atoms with E-state index >= 15 is 0 Å². The highest BCUT2D eigenvalue weighted by Crippen LogP contribution is 2.26. The minimum absolute atomic E-state index is 0.185. The Bertz CT molecular complexity index is 503. The van der Waals surface area contributed by atoms with Gasteiger partial charge in [0.15, 0.2) is 0 Å². The van der Waals surface area contributed by atoms with Gasteiger partial charge >= 0.3 is 0 Å². The molecule has 1 heterocycles. The molecule has 0 amide bonds. The molecule has 18 heavy (non-hydrogen) atoms. The molecule has 0 bridgehead atoms. The number of nitrogens with two attached hydrogens (primary N) is 1. The smallest absolute Gasteiger partial charge is 0.0929 e. The molecular weight excluding hydrogens is 222 g/mol. The van der Waals surface area contributed by atoms with Gasteiger partial charge in [0, 0.05) is 17.7 Å². The molecule has 0 aliphatic rings. The maximum absolute atomic E-state index is 5.60. The molecule has 2 aromatic rings. The molecule has 0 spiro atoms.